The van der Waals surface area contributed by atoms with Crippen molar-refractivity contribution in [2.75, 3.05) is 26.2 Å². The van der Waals surface area contributed by atoms with Crippen LogP contribution in [0.5, 0.6) is 0 Å². The molecule has 1 fully saturated rings. The van der Waals surface area contributed by atoms with E-state index in [9.17, 15) is 0 Å². The molecular formula is C13H20N6. The predicted molar refractivity (Wildman–Crippen MR) is 73.7 cm³/mol. The first kappa shape index (κ1) is 12.4. The van der Waals surface area contributed by atoms with Gasteiger partial charge < -0.3 is 10.3 Å². The average molecular weight is 260 g/mol. The molecule has 3 rings (SSSR count). The van der Waals surface area contributed by atoms with Gasteiger partial charge in [0, 0.05) is 45.0 Å². The molecule has 1 saturated heterocycles. The fourth-order valence-electron chi connectivity index (χ4n) is 2.52. The molecular weight excluding hydrogens is 240 g/mol. The number of imidazole rings is 1. The van der Waals surface area contributed by atoms with Crippen LogP contribution in [0.15, 0.2) is 12.4 Å². The first-order valence-corrected chi connectivity index (χ1v) is 6.70. The second-order valence-corrected chi connectivity index (χ2v) is 5.07. The van der Waals surface area contributed by atoms with Crippen molar-refractivity contribution in [2.45, 2.75) is 13.5 Å². The van der Waals surface area contributed by atoms with Crippen LogP contribution in [0.3, 0.4) is 0 Å². The zero-order valence-corrected chi connectivity index (χ0v) is 11.5. The van der Waals surface area contributed by atoms with Gasteiger partial charge in [0.05, 0.1) is 24.1 Å². The van der Waals surface area contributed by atoms with E-state index in [0.29, 0.717) is 0 Å². The fourth-order valence-corrected chi connectivity index (χ4v) is 2.52. The molecule has 0 amide bonds. The van der Waals surface area contributed by atoms with Gasteiger partial charge in [-0.15, -0.1) is 0 Å². The lowest BCUT2D eigenvalue weighted by Crippen LogP contribution is -2.43. The number of nitrogens with zero attached hydrogens (tertiary/aromatic N) is 4. The third-order valence-corrected chi connectivity index (χ3v) is 3.52. The molecule has 6 heteroatoms. The lowest BCUT2D eigenvalue weighted by atomic mass is 10.2. The van der Waals surface area contributed by atoms with Crippen molar-refractivity contribution in [1.29, 1.82) is 0 Å². The van der Waals surface area contributed by atoms with Gasteiger partial charge in [-0.25, -0.2) is 4.98 Å². The van der Waals surface area contributed by atoms with Crippen LogP contribution in [0.2, 0.25) is 0 Å². The van der Waals surface area contributed by atoms with Gasteiger partial charge in [0.1, 0.15) is 5.82 Å². The van der Waals surface area contributed by atoms with Crippen LogP contribution in [0, 0.1) is 6.92 Å². The van der Waals surface area contributed by atoms with Crippen LogP contribution in [0.1, 0.15) is 11.5 Å². The Kier molecular flexibility index (Phi) is 3.35. The highest BCUT2D eigenvalue weighted by atomic mass is 15.3. The first-order chi connectivity index (χ1) is 9.22. The molecule has 1 aliphatic heterocycles. The van der Waals surface area contributed by atoms with E-state index in [0.717, 1.165) is 55.5 Å². The topological polar surface area (TPSA) is 61.8 Å². The maximum absolute atomic E-state index is 4.48. The van der Waals surface area contributed by atoms with Crippen molar-refractivity contribution in [3.05, 3.63) is 23.9 Å². The van der Waals surface area contributed by atoms with Crippen molar-refractivity contribution in [3.63, 3.8) is 0 Å². The monoisotopic (exact) mass is 260 g/mol. The second kappa shape index (κ2) is 5.14. The van der Waals surface area contributed by atoms with Gasteiger partial charge in [-0.05, 0) is 6.92 Å². The molecule has 2 aromatic heterocycles. The van der Waals surface area contributed by atoms with E-state index in [1.54, 1.807) is 0 Å². The minimum absolute atomic E-state index is 0.890. The SMILES string of the molecule is Cc1nn(C)cc1-c1cnc(CN2CCNCC2)[nH]1. The van der Waals surface area contributed by atoms with Gasteiger partial charge >= 0.3 is 0 Å². The smallest absolute Gasteiger partial charge is 0.120 e. The zero-order chi connectivity index (χ0) is 13.2. The molecule has 2 aromatic rings. The lowest BCUT2D eigenvalue weighted by Gasteiger charge is -2.26. The maximum atomic E-state index is 4.48. The normalized spacial score (nSPS) is 16.9. The molecule has 19 heavy (non-hydrogen) atoms. The summed E-state index contributed by atoms with van der Waals surface area (Å²) in [5, 5.41) is 7.72. The van der Waals surface area contributed by atoms with E-state index in [2.05, 4.69) is 25.3 Å². The van der Waals surface area contributed by atoms with Gasteiger partial charge in [-0.3, -0.25) is 9.58 Å². The van der Waals surface area contributed by atoms with E-state index in [1.165, 1.54) is 0 Å². The van der Waals surface area contributed by atoms with Gasteiger partial charge in [0.25, 0.3) is 0 Å². The Morgan fingerprint density at radius 1 is 1.32 bits per heavy atom. The summed E-state index contributed by atoms with van der Waals surface area (Å²) in [4.78, 5) is 10.3. The summed E-state index contributed by atoms with van der Waals surface area (Å²) in [6.45, 7) is 7.21. The van der Waals surface area contributed by atoms with Crippen LogP contribution < -0.4 is 5.32 Å². The Morgan fingerprint density at radius 3 is 2.79 bits per heavy atom. The number of nitrogens with one attached hydrogen (secondary N) is 2. The molecule has 0 radical (unpaired) electrons. The van der Waals surface area contributed by atoms with Crippen molar-refractivity contribution in [3.8, 4) is 11.3 Å². The number of piperazine rings is 1. The molecule has 1 aliphatic rings. The minimum Gasteiger partial charge on any atom is -0.341 e. The lowest BCUT2D eigenvalue weighted by molar-refractivity contribution is 0.228. The first-order valence-electron chi connectivity index (χ1n) is 6.70. The van der Waals surface area contributed by atoms with E-state index in [-0.39, 0.29) is 0 Å². The number of aromatic amines is 1. The van der Waals surface area contributed by atoms with Crippen molar-refractivity contribution < 1.29 is 0 Å². The van der Waals surface area contributed by atoms with Gasteiger partial charge in [0.15, 0.2) is 0 Å². The summed E-state index contributed by atoms with van der Waals surface area (Å²) in [5.74, 6) is 1.03. The number of rotatable bonds is 3. The number of hydrogen-bond acceptors (Lipinski definition) is 4. The molecule has 0 saturated carbocycles. The summed E-state index contributed by atoms with van der Waals surface area (Å²) >= 11 is 0. The number of aryl methyl sites for hydroxylation is 2. The molecule has 0 aromatic carbocycles. The molecule has 3 heterocycles. The highest BCUT2D eigenvalue weighted by Gasteiger charge is 2.13. The Labute approximate surface area is 112 Å². The second-order valence-electron chi connectivity index (χ2n) is 5.07. The summed E-state index contributed by atoms with van der Waals surface area (Å²) < 4.78 is 1.83. The molecule has 2 N–H and O–H groups in total. The Morgan fingerprint density at radius 2 is 2.11 bits per heavy atom. The van der Waals surface area contributed by atoms with Crippen LogP contribution >= 0.6 is 0 Å². The predicted octanol–water partition coefficient (Wildman–Crippen LogP) is 0.524. The van der Waals surface area contributed by atoms with E-state index in [1.807, 2.05) is 31.0 Å². The van der Waals surface area contributed by atoms with E-state index in [4.69, 9.17) is 0 Å². The Bertz CT molecular complexity index is 549. The van der Waals surface area contributed by atoms with Crippen molar-refractivity contribution in [2.24, 2.45) is 7.05 Å². The number of hydrogen-bond donors (Lipinski definition) is 2. The van der Waals surface area contributed by atoms with Crippen LogP contribution in [-0.4, -0.2) is 50.8 Å². The highest BCUT2D eigenvalue weighted by Crippen LogP contribution is 2.20. The standard InChI is InChI=1S/C13H20N6/c1-10-11(8-18(2)17-10)12-7-15-13(16-12)9-19-5-3-14-4-6-19/h7-8,14H,3-6,9H2,1-2H3,(H,15,16). The van der Waals surface area contributed by atoms with E-state index < -0.39 is 0 Å². The molecule has 0 spiro atoms. The third kappa shape index (κ3) is 2.69. The Hall–Kier alpha value is -1.66. The quantitative estimate of drug-likeness (QED) is 0.845. The van der Waals surface area contributed by atoms with E-state index >= 15 is 0 Å². The summed E-state index contributed by atoms with van der Waals surface area (Å²) in [7, 11) is 1.94. The van der Waals surface area contributed by atoms with Crippen LogP contribution in [-0.2, 0) is 13.6 Å². The van der Waals surface area contributed by atoms with Crippen LogP contribution in [0.4, 0.5) is 0 Å². The molecule has 0 unspecified atom stereocenters. The zero-order valence-electron chi connectivity index (χ0n) is 11.5. The minimum atomic E-state index is 0.890. The molecule has 102 valence electrons. The Balaban J connectivity index is 1.74. The van der Waals surface area contributed by atoms with Gasteiger partial charge in [-0.1, -0.05) is 0 Å². The maximum Gasteiger partial charge on any atom is 0.120 e. The summed E-state index contributed by atoms with van der Waals surface area (Å²) in [6, 6.07) is 0. The average Bonchev–Trinajstić information content (AvgIpc) is 2.97. The summed E-state index contributed by atoms with van der Waals surface area (Å²) in [5.41, 5.74) is 3.21. The largest absolute Gasteiger partial charge is 0.341 e. The van der Waals surface area contributed by atoms with Crippen LogP contribution in [0.25, 0.3) is 11.3 Å². The van der Waals surface area contributed by atoms with Gasteiger partial charge in [-0.2, -0.15) is 5.10 Å². The summed E-state index contributed by atoms with van der Waals surface area (Å²) in [6.07, 6.45) is 3.93. The fraction of sp³-hybridized carbons (Fsp3) is 0.538. The molecule has 0 atom stereocenters. The molecule has 6 nitrogen and oxygen atoms in total. The highest BCUT2D eigenvalue weighted by molar-refractivity contribution is 5.60. The van der Waals surface area contributed by atoms with Crippen molar-refractivity contribution in [1.82, 2.24) is 30.0 Å². The third-order valence-electron chi connectivity index (χ3n) is 3.52. The molecule has 0 bridgehead atoms. The molecule has 0 aliphatic carbocycles. The number of aromatic nitrogens is 4. The van der Waals surface area contributed by atoms with Gasteiger partial charge in [0.2, 0.25) is 0 Å². The number of H-pyrrole nitrogens is 1. The van der Waals surface area contributed by atoms with Crippen molar-refractivity contribution >= 4 is 0 Å².